The number of fused-ring (bicyclic) bond motifs is 2. The van der Waals surface area contributed by atoms with Crippen molar-refractivity contribution in [2.24, 2.45) is 4.99 Å². The smallest absolute Gasteiger partial charge is 0.251 e. The number of amides is 1. The summed E-state index contributed by atoms with van der Waals surface area (Å²) in [6.07, 6.45) is 0. The maximum atomic E-state index is 12.8. The van der Waals surface area contributed by atoms with E-state index in [0.717, 1.165) is 37.9 Å². The molecule has 32 heavy (non-hydrogen) atoms. The first-order chi connectivity index (χ1) is 15.7. The number of phenolic OH excluding ortho intramolecular Hbond substituents is 1. The molecule has 156 valence electrons. The molecule has 4 nitrogen and oxygen atoms in total. The van der Waals surface area contributed by atoms with Crippen LogP contribution in [0.15, 0.2) is 112 Å². The molecule has 5 rings (SSSR count). The number of carbonyl (C=O) groups is 1. The number of hydrogen-bond donors (Lipinski definition) is 2. The molecule has 5 heteroatoms. The summed E-state index contributed by atoms with van der Waals surface area (Å²) in [4.78, 5) is 19.9. The lowest BCUT2D eigenvalue weighted by Gasteiger charge is -2.09. The number of hydrogen-bond acceptors (Lipinski definition) is 4. The highest BCUT2D eigenvalue weighted by Gasteiger charge is 2.20. The van der Waals surface area contributed by atoms with Gasteiger partial charge in [0, 0.05) is 33.0 Å². The second-order valence-corrected chi connectivity index (χ2v) is 8.54. The molecule has 4 aromatic carbocycles. The van der Waals surface area contributed by atoms with Gasteiger partial charge in [0.25, 0.3) is 5.91 Å². The second kappa shape index (κ2) is 8.73. The number of aromatic hydroxyl groups is 1. The van der Waals surface area contributed by atoms with Crippen molar-refractivity contribution in [2.75, 3.05) is 0 Å². The van der Waals surface area contributed by atoms with Gasteiger partial charge in [-0.05, 0) is 54.1 Å². The molecule has 0 atom stereocenters. The lowest BCUT2D eigenvalue weighted by Crippen LogP contribution is -2.22. The van der Waals surface area contributed by atoms with Crippen LogP contribution in [-0.2, 0) is 6.54 Å². The summed E-state index contributed by atoms with van der Waals surface area (Å²) in [6.45, 7) is 0.471. The van der Waals surface area contributed by atoms with E-state index in [9.17, 15) is 9.90 Å². The van der Waals surface area contributed by atoms with Crippen LogP contribution in [0.3, 0.4) is 0 Å². The Hall–Kier alpha value is -3.83. The Balaban J connectivity index is 1.51. The highest BCUT2D eigenvalue weighted by atomic mass is 32.2. The molecular weight excluding hydrogens is 416 g/mol. The zero-order valence-electron chi connectivity index (χ0n) is 17.2. The molecule has 1 aliphatic rings. The Morgan fingerprint density at radius 3 is 2.41 bits per heavy atom. The summed E-state index contributed by atoms with van der Waals surface area (Å²) in [5.41, 5.74) is 5.11. The molecule has 4 aromatic rings. The van der Waals surface area contributed by atoms with Gasteiger partial charge in [-0.3, -0.25) is 4.79 Å². The van der Waals surface area contributed by atoms with Gasteiger partial charge in [0.05, 0.1) is 11.4 Å². The summed E-state index contributed by atoms with van der Waals surface area (Å²) in [5, 5.41) is 12.7. The van der Waals surface area contributed by atoms with Crippen LogP contribution in [0, 0.1) is 0 Å². The van der Waals surface area contributed by atoms with E-state index in [4.69, 9.17) is 4.99 Å². The third-order valence-electron chi connectivity index (χ3n) is 5.25. The molecule has 2 N–H and O–H groups in total. The van der Waals surface area contributed by atoms with Gasteiger partial charge in [-0.1, -0.05) is 60.3 Å². The fourth-order valence-corrected chi connectivity index (χ4v) is 4.61. The van der Waals surface area contributed by atoms with Gasteiger partial charge in [-0.15, -0.1) is 0 Å². The van der Waals surface area contributed by atoms with Crippen molar-refractivity contribution in [2.45, 2.75) is 16.3 Å². The molecule has 0 saturated carbocycles. The van der Waals surface area contributed by atoms with Gasteiger partial charge in [0.1, 0.15) is 5.75 Å². The number of nitrogens with one attached hydrogen (secondary N) is 1. The first-order valence-electron chi connectivity index (χ1n) is 10.3. The maximum Gasteiger partial charge on any atom is 0.251 e. The van der Waals surface area contributed by atoms with Crippen LogP contribution in [0.2, 0.25) is 0 Å². The Kier molecular flexibility index (Phi) is 5.48. The Bertz CT molecular complexity index is 1320. The van der Waals surface area contributed by atoms with Gasteiger partial charge in [-0.2, -0.15) is 0 Å². The van der Waals surface area contributed by atoms with E-state index >= 15 is 0 Å². The number of aliphatic imine (C=N–C) groups is 1. The van der Waals surface area contributed by atoms with Crippen LogP contribution in [0.25, 0.3) is 0 Å². The molecule has 0 saturated heterocycles. The summed E-state index contributed by atoms with van der Waals surface area (Å²) < 4.78 is 0. The average Bonchev–Trinajstić information content (AvgIpc) is 3.00. The average molecular weight is 437 g/mol. The first-order valence-corrected chi connectivity index (χ1v) is 11.1. The second-order valence-electron chi connectivity index (χ2n) is 7.46. The molecule has 0 spiro atoms. The lowest BCUT2D eigenvalue weighted by atomic mass is 10.0. The van der Waals surface area contributed by atoms with Crippen LogP contribution in [0.5, 0.6) is 5.75 Å². The molecule has 1 amide bonds. The molecule has 0 fully saturated rings. The third-order valence-corrected chi connectivity index (χ3v) is 6.39. The van der Waals surface area contributed by atoms with Crippen molar-refractivity contribution in [3.63, 3.8) is 0 Å². The van der Waals surface area contributed by atoms with Crippen LogP contribution >= 0.6 is 11.8 Å². The van der Waals surface area contributed by atoms with Crippen LogP contribution in [0.1, 0.15) is 27.0 Å². The summed E-state index contributed by atoms with van der Waals surface area (Å²) in [5.74, 6) is 0.0770. The predicted octanol–water partition coefficient (Wildman–Crippen LogP) is 5.96. The van der Waals surface area contributed by atoms with E-state index in [0.29, 0.717) is 12.1 Å². The highest BCUT2D eigenvalue weighted by molar-refractivity contribution is 7.99. The molecular formula is C27H20N2O2S. The van der Waals surface area contributed by atoms with Gasteiger partial charge in [0.15, 0.2) is 0 Å². The Labute approximate surface area is 190 Å². The number of nitrogens with zero attached hydrogens (tertiary/aromatic N) is 1. The number of rotatable bonds is 4. The SMILES string of the molecule is O=C(NCc1ccccc1)c1ccc2c(c1)N=C(c1ccc(O)cc1)c1ccccc1S2. The molecule has 1 aliphatic heterocycles. The quantitative estimate of drug-likeness (QED) is 0.366. The maximum absolute atomic E-state index is 12.8. The molecule has 0 bridgehead atoms. The van der Waals surface area contributed by atoms with E-state index < -0.39 is 0 Å². The van der Waals surface area contributed by atoms with E-state index in [1.54, 1.807) is 23.9 Å². The van der Waals surface area contributed by atoms with Crippen molar-refractivity contribution in [3.05, 3.63) is 119 Å². The minimum absolute atomic E-state index is 0.134. The predicted molar refractivity (Wildman–Crippen MR) is 128 cm³/mol. The zero-order chi connectivity index (χ0) is 21.9. The standard InChI is InChI=1S/C27H20N2O2S/c30-21-13-10-19(11-14-21)26-22-8-4-5-9-24(22)32-25-15-12-20(16-23(25)29-26)27(31)28-17-18-6-2-1-3-7-18/h1-16,30H,17H2,(H,28,31). The molecule has 0 aromatic heterocycles. The lowest BCUT2D eigenvalue weighted by molar-refractivity contribution is 0.0951. The zero-order valence-corrected chi connectivity index (χ0v) is 18.0. The largest absolute Gasteiger partial charge is 0.508 e. The van der Waals surface area contributed by atoms with Gasteiger partial charge < -0.3 is 10.4 Å². The van der Waals surface area contributed by atoms with Crippen molar-refractivity contribution in [3.8, 4) is 5.75 Å². The minimum atomic E-state index is -0.134. The fourth-order valence-electron chi connectivity index (χ4n) is 3.60. The highest BCUT2D eigenvalue weighted by Crippen LogP contribution is 2.41. The van der Waals surface area contributed by atoms with E-state index in [2.05, 4.69) is 11.4 Å². The summed E-state index contributed by atoms with van der Waals surface area (Å²) >= 11 is 1.64. The monoisotopic (exact) mass is 436 g/mol. The third kappa shape index (κ3) is 4.15. The van der Waals surface area contributed by atoms with Crippen LogP contribution < -0.4 is 5.32 Å². The summed E-state index contributed by atoms with van der Waals surface area (Å²) in [6, 6.07) is 30.6. The van der Waals surface area contributed by atoms with Crippen molar-refractivity contribution in [1.29, 1.82) is 0 Å². The Morgan fingerprint density at radius 1 is 0.844 bits per heavy atom. The van der Waals surface area contributed by atoms with E-state index in [1.165, 1.54) is 0 Å². The molecule has 1 heterocycles. The summed E-state index contributed by atoms with van der Waals surface area (Å²) in [7, 11) is 0. The topological polar surface area (TPSA) is 61.7 Å². The number of carbonyl (C=O) groups excluding carboxylic acids is 1. The molecule has 0 radical (unpaired) electrons. The normalized spacial score (nSPS) is 12.2. The Morgan fingerprint density at radius 2 is 1.59 bits per heavy atom. The van der Waals surface area contributed by atoms with Crippen molar-refractivity contribution in [1.82, 2.24) is 5.32 Å². The van der Waals surface area contributed by atoms with E-state index in [-0.39, 0.29) is 11.7 Å². The van der Waals surface area contributed by atoms with Crippen LogP contribution in [-0.4, -0.2) is 16.7 Å². The van der Waals surface area contributed by atoms with Crippen molar-refractivity contribution < 1.29 is 9.90 Å². The van der Waals surface area contributed by atoms with Gasteiger partial charge in [-0.25, -0.2) is 4.99 Å². The number of phenols is 1. The minimum Gasteiger partial charge on any atom is -0.508 e. The van der Waals surface area contributed by atoms with Crippen molar-refractivity contribution >= 4 is 29.1 Å². The molecule has 0 aliphatic carbocycles. The first kappa shape index (κ1) is 20.1. The van der Waals surface area contributed by atoms with Gasteiger partial charge >= 0.3 is 0 Å². The molecule has 0 unspecified atom stereocenters. The number of benzene rings is 4. The van der Waals surface area contributed by atoms with E-state index in [1.807, 2.05) is 78.9 Å². The van der Waals surface area contributed by atoms with Gasteiger partial charge in [0.2, 0.25) is 0 Å². The van der Waals surface area contributed by atoms with Crippen LogP contribution in [0.4, 0.5) is 5.69 Å². The fraction of sp³-hybridized carbons (Fsp3) is 0.0370.